The molecule has 0 bridgehead atoms. The average Bonchev–Trinajstić information content (AvgIpc) is 3.10. The van der Waals surface area contributed by atoms with E-state index < -0.39 is 10.0 Å². The summed E-state index contributed by atoms with van der Waals surface area (Å²) in [5.74, 6) is 0.884. The Morgan fingerprint density at radius 2 is 1.72 bits per heavy atom. The lowest BCUT2D eigenvalue weighted by Crippen LogP contribution is -2.26. The first-order chi connectivity index (χ1) is 12.0. The molecular weight excluding hydrogens is 338 g/mol. The van der Waals surface area contributed by atoms with E-state index in [1.807, 2.05) is 6.07 Å². The molecule has 134 valence electrons. The molecule has 2 aromatic rings. The normalized spacial score (nSPS) is 15.4. The predicted molar refractivity (Wildman–Crippen MR) is 96.3 cm³/mol. The molecule has 5 nitrogen and oxygen atoms in total. The van der Waals surface area contributed by atoms with Crippen LogP contribution in [0.15, 0.2) is 53.4 Å². The Bertz CT molecular complexity index is 796. The van der Waals surface area contributed by atoms with Crippen LogP contribution in [0.1, 0.15) is 31.2 Å². The van der Waals surface area contributed by atoms with Crippen LogP contribution in [0, 0.1) is 0 Å². The third-order valence-electron chi connectivity index (χ3n) is 4.42. The number of ether oxygens (including phenoxy) is 1. The van der Waals surface area contributed by atoms with Crippen LogP contribution in [-0.2, 0) is 16.4 Å². The van der Waals surface area contributed by atoms with Gasteiger partial charge in [-0.15, -0.1) is 0 Å². The molecule has 0 spiro atoms. The lowest BCUT2D eigenvalue weighted by atomic mass is 10.1. The standard InChI is InChI=1S/C19H23NO4S/c21-19-8-4-1-5-15(19)13-14-20-25(22,23)18-11-9-17(10-12-18)24-16-6-2-3-7-16/h1,4-5,8-12,16,20-21H,2-3,6-7,13-14H2. The number of phenols is 1. The summed E-state index contributed by atoms with van der Waals surface area (Å²) in [5, 5.41) is 9.71. The van der Waals surface area contributed by atoms with Crippen LogP contribution in [0.3, 0.4) is 0 Å². The number of rotatable bonds is 7. The number of aromatic hydroxyl groups is 1. The second-order valence-electron chi connectivity index (χ2n) is 6.27. The van der Waals surface area contributed by atoms with Gasteiger partial charge in [-0.25, -0.2) is 13.1 Å². The number of hydrogen-bond donors (Lipinski definition) is 2. The molecule has 2 aromatic carbocycles. The minimum absolute atomic E-state index is 0.176. The SMILES string of the molecule is O=S(=O)(NCCc1ccccc1O)c1ccc(OC2CCCC2)cc1. The molecule has 25 heavy (non-hydrogen) atoms. The van der Waals surface area contributed by atoms with Gasteiger partial charge in [0.05, 0.1) is 11.0 Å². The summed E-state index contributed by atoms with van der Waals surface area (Å²) in [5.41, 5.74) is 0.713. The maximum atomic E-state index is 12.3. The van der Waals surface area contributed by atoms with E-state index in [0.717, 1.165) is 12.8 Å². The van der Waals surface area contributed by atoms with Gasteiger partial charge in [0.25, 0.3) is 0 Å². The molecule has 1 fully saturated rings. The van der Waals surface area contributed by atoms with Gasteiger partial charge in [0.2, 0.25) is 10.0 Å². The van der Waals surface area contributed by atoms with E-state index in [9.17, 15) is 13.5 Å². The predicted octanol–water partition coefficient (Wildman–Crippen LogP) is 3.23. The summed E-state index contributed by atoms with van der Waals surface area (Å²) in [7, 11) is -3.57. The molecule has 0 amide bonds. The van der Waals surface area contributed by atoms with E-state index in [2.05, 4.69) is 4.72 Å². The first kappa shape index (κ1) is 17.8. The number of sulfonamides is 1. The van der Waals surface area contributed by atoms with E-state index in [1.54, 1.807) is 42.5 Å². The second-order valence-corrected chi connectivity index (χ2v) is 8.04. The van der Waals surface area contributed by atoms with Gasteiger partial charge in [0.1, 0.15) is 11.5 Å². The topological polar surface area (TPSA) is 75.6 Å². The third-order valence-corrected chi connectivity index (χ3v) is 5.89. The molecule has 0 atom stereocenters. The van der Waals surface area contributed by atoms with Crippen LogP contribution in [0.4, 0.5) is 0 Å². The molecule has 1 aliphatic carbocycles. The van der Waals surface area contributed by atoms with Crippen molar-refractivity contribution in [1.29, 1.82) is 0 Å². The van der Waals surface area contributed by atoms with E-state index in [-0.39, 0.29) is 23.3 Å². The maximum Gasteiger partial charge on any atom is 0.240 e. The third kappa shape index (κ3) is 4.74. The monoisotopic (exact) mass is 361 g/mol. The van der Waals surface area contributed by atoms with Gasteiger partial charge in [-0.2, -0.15) is 0 Å². The molecule has 1 saturated carbocycles. The van der Waals surface area contributed by atoms with E-state index in [4.69, 9.17) is 4.74 Å². The van der Waals surface area contributed by atoms with Crippen LogP contribution < -0.4 is 9.46 Å². The molecule has 1 aliphatic rings. The molecule has 3 rings (SSSR count). The molecule has 0 saturated heterocycles. The van der Waals surface area contributed by atoms with Gasteiger partial charge >= 0.3 is 0 Å². The zero-order valence-corrected chi connectivity index (χ0v) is 14.8. The fourth-order valence-electron chi connectivity index (χ4n) is 3.02. The first-order valence-electron chi connectivity index (χ1n) is 8.58. The highest BCUT2D eigenvalue weighted by Crippen LogP contribution is 2.25. The largest absolute Gasteiger partial charge is 0.508 e. The maximum absolute atomic E-state index is 12.3. The molecule has 0 heterocycles. The first-order valence-corrected chi connectivity index (χ1v) is 10.1. The van der Waals surface area contributed by atoms with E-state index in [0.29, 0.717) is 17.7 Å². The van der Waals surface area contributed by atoms with Crippen molar-refractivity contribution in [2.75, 3.05) is 6.54 Å². The second kappa shape index (κ2) is 7.89. The van der Waals surface area contributed by atoms with Crippen LogP contribution in [0.2, 0.25) is 0 Å². The lowest BCUT2D eigenvalue weighted by molar-refractivity contribution is 0.210. The fraction of sp³-hybridized carbons (Fsp3) is 0.368. The van der Waals surface area contributed by atoms with Crippen molar-refractivity contribution < 1.29 is 18.3 Å². The van der Waals surface area contributed by atoms with Crippen LogP contribution >= 0.6 is 0 Å². The molecule has 0 radical (unpaired) electrons. The molecule has 0 aliphatic heterocycles. The quantitative estimate of drug-likeness (QED) is 0.794. The zero-order chi connectivity index (χ0) is 17.7. The highest BCUT2D eigenvalue weighted by molar-refractivity contribution is 7.89. The summed E-state index contributed by atoms with van der Waals surface area (Å²) in [4.78, 5) is 0.212. The highest BCUT2D eigenvalue weighted by atomic mass is 32.2. The summed E-state index contributed by atoms with van der Waals surface area (Å²) < 4.78 is 33.1. The Hall–Kier alpha value is -2.05. The molecule has 0 aromatic heterocycles. The minimum atomic E-state index is -3.57. The molecule has 2 N–H and O–H groups in total. The Kier molecular flexibility index (Phi) is 5.60. The molecular formula is C19H23NO4S. The lowest BCUT2D eigenvalue weighted by Gasteiger charge is -2.13. The van der Waals surface area contributed by atoms with Gasteiger partial charge in [0.15, 0.2) is 0 Å². The van der Waals surface area contributed by atoms with Crippen molar-refractivity contribution in [1.82, 2.24) is 4.72 Å². The Morgan fingerprint density at radius 3 is 2.40 bits per heavy atom. The van der Waals surface area contributed by atoms with Crippen molar-refractivity contribution in [3.05, 3.63) is 54.1 Å². The van der Waals surface area contributed by atoms with Gasteiger partial charge in [0, 0.05) is 6.54 Å². The molecule has 6 heteroatoms. The van der Waals surface area contributed by atoms with Gasteiger partial charge in [-0.3, -0.25) is 0 Å². The van der Waals surface area contributed by atoms with Crippen molar-refractivity contribution in [3.63, 3.8) is 0 Å². The summed E-state index contributed by atoms with van der Waals surface area (Å²) in [6, 6.07) is 13.4. The Balaban J connectivity index is 1.57. The summed E-state index contributed by atoms with van der Waals surface area (Å²) in [6.07, 6.45) is 5.19. The molecule has 0 unspecified atom stereocenters. The number of nitrogens with one attached hydrogen (secondary N) is 1. The summed E-state index contributed by atoms with van der Waals surface area (Å²) >= 11 is 0. The highest BCUT2D eigenvalue weighted by Gasteiger charge is 2.18. The zero-order valence-electron chi connectivity index (χ0n) is 14.0. The van der Waals surface area contributed by atoms with E-state index in [1.165, 1.54) is 12.8 Å². The minimum Gasteiger partial charge on any atom is -0.508 e. The van der Waals surface area contributed by atoms with Crippen molar-refractivity contribution in [2.45, 2.75) is 43.1 Å². The number of para-hydroxylation sites is 1. The van der Waals surface area contributed by atoms with Crippen molar-refractivity contribution in [3.8, 4) is 11.5 Å². The Morgan fingerprint density at radius 1 is 1.04 bits per heavy atom. The average molecular weight is 361 g/mol. The number of benzene rings is 2. The van der Waals surface area contributed by atoms with Crippen LogP contribution in [0.25, 0.3) is 0 Å². The smallest absolute Gasteiger partial charge is 0.240 e. The van der Waals surface area contributed by atoms with Crippen LogP contribution in [0.5, 0.6) is 11.5 Å². The van der Waals surface area contributed by atoms with Crippen LogP contribution in [-0.4, -0.2) is 26.2 Å². The summed E-state index contributed by atoms with van der Waals surface area (Å²) in [6.45, 7) is 0.222. The number of phenolic OH excluding ortho intramolecular Hbond substituents is 1. The van der Waals surface area contributed by atoms with Gasteiger partial charge in [-0.1, -0.05) is 18.2 Å². The van der Waals surface area contributed by atoms with Crippen molar-refractivity contribution >= 4 is 10.0 Å². The van der Waals surface area contributed by atoms with Gasteiger partial charge < -0.3 is 9.84 Å². The Labute approximate surface area is 148 Å². The van der Waals surface area contributed by atoms with E-state index >= 15 is 0 Å². The van der Waals surface area contributed by atoms with Gasteiger partial charge in [-0.05, 0) is 68.0 Å². The fourth-order valence-corrected chi connectivity index (χ4v) is 4.05. The number of hydrogen-bond acceptors (Lipinski definition) is 4. The van der Waals surface area contributed by atoms with Crippen molar-refractivity contribution in [2.24, 2.45) is 0 Å².